The van der Waals surface area contributed by atoms with Crippen LogP contribution in [0.2, 0.25) is 0 Å². The third-order valence-corrected chi connectivity index (χ3v) is 4.81. The highest BCUT2D eigenvalue weighted by Gasteiger charge is 2.39. The first-order chi connectivity index (χ1) is 9.67. The zero-order valence-corrected chi connectivity index (χ0v) is 12.3. The van der Waals surface area contributed by atoms with Crippen LogP contribution in [-0.4, -0.2) is 30.1 Å². The molecule has 2 aliphatic carbocycles. The minimum Gasteiger partial charge on any atom is -0.357 e. The van der Waals surface area contributed by atoms with Gasteiger partial charge in [-0.1, -0.05) is 6.42 Å². The molecule has 4 nitrogen and oxygen atoms in total. The quantitative estimate of drug-likeness (QED) is 0.899. The molecule has 0 amide bonds. The van der Waals surface area contributed by atoms with E-state index in [4.69, 9.17) is 0 Å². The average Bonchev–Trinajstić information content (AvgIpc) is 3.03. The van der Waals surface area contributed by atoms with E-state index in [1.54, 1.807) is 0 Å². The van der Waals surface area contributed by atoms with Crippen LogP contribution in [0.3, 0.4) is 0 Å². The van der Waals surface area contributed by atoms with Gasteiger partial charge in [0.05, 0.1) is 6.20 Å². The molecule has 20 heavy (non-hydrogen) atoms. The fourth-order valence-corrected chi connectivity index (χ4v) is 3.91. The molecule has 2 bridgehead atoms. The SMILES string of the molecule is CCNc1ncc(F)c(N(C)CC2CC3CCC2C3)n1. The van der Waals surface area contributed by atoms with Gasteiger partial charge >= 0.3 is 0 Å². The lowest BCUT2D eigenvalue weighted by molar-refractivity contribution is 0.336. The van der Waals surface area contributed by atoms with Crippen molar-refractivity contribution in [3.63, 3.8) is 0 Å². The smallest absolute Gasteiger partial charge is 0.224 e. The molecule has 5 heteroatoms. The average molecular weight is 278 g/mol. The maximum atomic E-state index is 13.9. The Labute approximate surface area is 119 Å². The van der Waals surface area contributed by atoms with Crippen molar-refractivity contribution in [3.05, 3.63) is 12.0 Å². The van der Waals surface area contributed by atoms with Crippen LogP contribution in [0.5, 0.6) is 0 Å². The molecule has 0 spiro atoms. The number of nitrogens with one attached hydrogen (secondary N) is 1. The molecule has 0 radical (unpaired) electrons. The van der Waals surface area contributed by atoms with Gasteiger partial charge in [-0.15, -0.1) is 0 Å². The van der Waals surface area contributed by atoms with Crippen molar-refractivity contribution in [1.82, 2.24) is 9.97 Å². The van der Waals surface area contributed by atoms with Crippen LogP contribution in [0.4, 0.5) is 16.2 Å². The van der Waals surface area contributed by atoms with Crippen molar-refractivity contribution in [2.24, 2.45) is 17.8 Å². The molecule has 110 valence electrons. The van der Waals surface area contributed by atoms with E-state index >= 15 is 0 Å². The number of nitrogens with zero attached hydrogens (tertiary/aromatic N) is 3. The maximum absolute atomic E-state index is 13.9. The van der Waals surface area contributed by atoms with Gasteiger partial charge in [-0.2, -0.15) is 4.98 Å². The van der Waals surface area contributed by atoms with Crippen LogP contribution in [-0.2, 0) is 0 Å². The molecule has 1 heterocycles. The summed E-state index contributed by atoms with van der Waals surface area (Å²) in [6.45, 7) is 3.62. The molecule has 2 aliphatic rings. The van der Waals surface area contributed by atoms with Gasteiger partial charge in [-0.25, -0.2) is 9.37 Å². The van der Waals surface area contributed by atoms with Crippen LogP contribution in [0.25, 0.3) is 0 Å². The number of hydrogen-bond acceptors (Lipinski definition) is 4. The molecule has 2 fully saturated rings. The summed E-state index contributed by atoms with van der Waals surface area (Å²) in [5, 5.41) is 3.04. The fourth-order valence-electron chi connectivity index (χ4n) is 3.91. The Balaban J connectivity index is 1.70. The number of rotatable bonds is 5. The minimum absolute atomic E-state index is 0.336. The first-order valence-electron chi connectivity index (χ1n) is 7.65. The van der Waals surface area contributed by atoms with Crippen molar-refractivity contribution >= 4 is 11.8 Å². The van der Waals surface area contributed by atoms with Crippen LogP contribution in [0.1, 0.15) is 32.6 Å². The molecular formula is C15H23FN4. The van der Waals surface area contributed by atoms with E-state index in [1.165, 1.54) is 31.9 Å². The van der Waals surface area contributed by atoms with Gasteiger partial charge in [-0.05, 0) is 43.9 Å². The zero-order valence-electron chi connectivity index (χ0n) is 12.3. The van der Waals surface area contributed by atoms with Gasteiger partial charge in [0.15, 0.2) is 11.6 Å². The molecule has 2 saturated carbocycles. The van der Waals surface area contributed by atoms with Gasteiger partial charge in [0.25, 0.3) is 0 Å². The lowest BCUT2D eigenvalue weighted by Crippen LogP contribution is -2.30. The van der Waals surface area contributed by atoms with Crippen LogP contribution in [0.15, 0.2) is 6.20 Å². The molecule has 3 atom stereocenters. The predicted molar refractivity (Wildman–Crippen MR) is 78.4 cm³/mol. The number of hydrogen-bond donors (Lipinski definition) is 1. The Hall–Kier alpha value is -1.39. The van der Waals surface area contributed by atoms with Crippen molar-refractivity contribution in [2.75, 3.05) is 30.4 Å². The molecular weight excluding hydrogens is 255 g/mol. The Kier molecular flexibility index (Phi) is 3.76. The van der Waals surface area contributed by atoms with Gasteiger partial charge in [0.2, 0.25) is 5.95 Å². The van der Waals surface area contributed by atoms with Crippen molar-refractivity contribution in [2.45, 2.75) is 32.6 Å². The third-order valence-electron chi connectivity index (χ3n) is 4.81. The van der Waals surface area contributed by atoms with E-state index in [0.717, 1.165) is 24.9 Å². The molecule has 0 saturated heterocycles. The molecule has 0 aromatic carbocycles. The second kappa shape index (κ2) is 5.54. The van der Waals surface area contributed by atoms with E-state index < -0.39 is 0 Å². The van der Waals surface area contributed by atoms with E-state index in [0.29, 0.717) is 17.7 Å². The maximum Gasteiger partial charge on any atom is 0.224 e. The highest BCUT2D eigenvalue weighted by atomic mass is 19.1. The lowest BCUT2D eigenvalue weighted by Gasteiger charge is -2.28. The Morgan fingerprint density at radius 2 is 2.25 bits per heavy atom. The lowest BCUT2D eigenvalue weighted by atomic mass is 9.88. The number of aromatic nitrogens is 2. The first kappa shape index (κ1) is 13.6. The minimum atomic E-state index is -0.336. The summed E-state index contributed by atoms with van der Waals surface area (Å²) in [5.74, 6) is 3.06. The molecule has 1 aromatic heterocycles. The summed E-state index contributed by atoms with van der Waals surface area (Å²) >= 11 is 0. The summed E-state index contributed by atoms with van der Waals surface area (Å²) in [6, 6.07) is 0. The van der Waals surface area contributed by atoms with E-state index in [-0.39, 0.29) is 5.82 Å². The van der Waals surface area contributed by atoms with E-state index in [9.17, 15) is 4.39 Å². The number of fused-ring (bicyclic) bond motifs is 2. The summed E-state index contributed by atoms with van der Waals surface area (Å²) in [4.78, 5) is 10.2. The topological polar surface area (TPSA) is 41.1 Å². The van der Waals surface area contributed by atoms with Crippen molar-refractivity contribution < 1.29 is 4.39 Å². The monoisotopic (exact) mass is 278 g/mol. The third kappa shape index (κ3) is 2.58. The standard InChI is InChI=1S/C15H23FN4/c1-3-17-15-18-8-13(16)14(19-15)20(2)9-12-7-10-4-5-11(12)6-10/h8,10-12H,3-7,9H2,1-2H3,(H,17,18,19). The molecule has 0 aliphatic heterocycles. The molecule has 1 aromatic rings. The van der Waals surface area contributed by atoms with E-state index in [2.05, 4.69) is 15.3 Å². The summed E-state index contributed by atoms with van der Waals surface area (Å²) in [5.41, 5.74) is 0. The molecule has 1 N–H and O–H groups in total. The fraction of sp³-hybridized carbons (Fsp3) is 0.733. The molecule has 3 unspecified atom stereocenters. The van der Waals surface area contributed by atoms with Crippen molar-refractivity contribution in [1.29, 1.82) is 0 Å². The Morgan fingerprint density at radius 1 is 1.40 bits per heavy atom. The van der Waals surface area contributed by atoms with Crippen LogP contribution >= 0.6 is 0 Å². The second-order valence-corrected chi connectivity index (χ2v) is 6.21. The van der Waals surface area contributed by atoms with Crippen LogP contribution in [0, 0.1) is 23.6 Å². The Morgan fingerprint density at radius 3 is 2.90 bits per heavy atom. The number of anilines is 2. The number of halogens is 1. The van der Waals surface area contributed by atoms with E-state index in [1.807, 2.05) is 18.9 Å². The Bertz CT molecular complexity index is 479. The summed E-state index contributed by atoms with van der Waals surface area (Å²) in [6.07, 6.45) is 6.71. The zero-order chi connectivity index (χ0) is 14.1. The van der Waals surface area contributed by atoms with Gasteiger partial charge < -0.3 is 10.2 Å². The highest BCUT2D eigenvalue weighted by molar-refractivity contribution is 5.43. The van der Waals surface area contributed by atoms with Crippen LogP contribution < -0.4 is 10.2 Å². The molecule has 3 rings (SSSR count). The highest BCUT2D eigenvalue weighted by Crippen LogP contribution is 2.48. The van der Waals surface area contributed by atoms with Gasteiger partial charge in [-0.3, -0.25) is 0 Å². The summed E-state index contributed by atoms with van der Waals surface area (Å²) in [7, 11) is 1.94. The predicted octanol–water partition coefficient (Wildman–Crippen LogP) is 2.92. The normalized spacial score (nSPS) is 27.9. The first-order valence-corrected chi connectivity index (χ1v) is 7.65. The van der Waals surface area contributed by atoms with Gasteiger partial charge in [0.1, 0.15) is 0 Å². The van der Waals surface area contributed by atoms with Gasteiger partial charge in [0, 0.05) is 20.1 Å². The second-order valence-electron chi connectivity index (χ2n) is 6.21. The largest absolute Gasteiger partial charge is 0.357 e. The van der Waals surface area contributed by atoms with Crippen molar-refractivity contribution in [3.8, 4) is 0 Å². The summed E-state index contributed by atoms with van der Waals surface area (Å²) < 4.78 is 13.9.